The van der Waals surface area contributed by atoms with E-state index in [1.54, 1.807) is 0 Å². The minimum absolute atomic E-state index is 0.0423. The van der Waals surface area contributed by atoms with Crippen LogP contribution >= 0.6 is 11.3 Å². The maximum Gasteiger partial charge on any atom is 0.264 e. The van der Waals surface area contributed by atoms with Crippen LogP contribution < -0.4 is 25.5 Å². The highest BCUT2D eigenvalue weighted by atomic mass is 32.1. The largest absolute Gasteiger partial charge is 0.310 e. The van der Waals surface area contributed by atoms with Gasteiger partial charge in [0, 0.05) is 42.7 Å². The number of fused-ring (bicyclic) bond motifs is 11. The number of anilines is 6. The second kappa shape index (κ2) is 9.99. The normalized spacial score (nSPS) is 14.3. The summed E-state index contributed by atoms with van der Waals surface area (Å²) in [6, 6.07) is 44.3. The monoisotopic (exact) mass is 689 g/mol. The number of rotatable bonds is 1. The Kier molecular flexibility index (Phi) is 5.84. The van der Waals surface area contributed by atoms with Crippen LogP contribution in [0.15, 0.2) is 115 Å². The molecule has 0 N–H and O–H groups in total. The molecule has 252 valence electrons. The Bertz CT molecular complexity index is 2840. The zero-order valence-electron chi connectivity index (χ0n) is 30.8. The minimum Gasteiger partial charge on any atom is -0.310 e. The third-order valence-electron chi connectivity index (χ3n) is 11.8. The van der Waals surface area contributed by atoms with Gasteiger partial charge in [0.25, 0.3) is 6.71 Å². The average molecular weight is 690 g/mol. The summed E-state index contributed by atoms with van der Waals surface area (Å²) in [4.78, 5) is 5.21. The second-order valence-corrected chi connectivity index (χ2v) is 18.2. The summed E-state index contributed by atoms with van der Waals surface area (Å²) < 4.78 is 5.30. The van der Waals surface area contributed by atoms with E-state index in [1.165, 1.54) is 104 Å². The second-order valence-electron chi connectivity index (χ2n) is 17.1. The van der Waals surface area contributed by atoms with Crippen molar-refractivity contribution in [2.45, 2.75) is 59.3 Å². The molecule has 52 heavy (non-hydrogen) atoms. The van der Waals surface area contributed by atoms with Crippen molar-refractivity contribution in [1.29, 1.82) is 0 Å². The Morgan fingerprint density at radius 1 is 0.558 bits per heavy atom. The van der Waals surface area contributed by atoms with Crippen LogP contribution in [-0.2, 0) is 10.8 Å². The summed E-state index contributed by atoms with van der Waals surface area (Å²) in [5.74, 6) is 0. The smallest absolute Gasteiger partial charge is 0.264 e. The zero-order valence-corrected chi connectivity index (χ0v) is 31.6. The summed E-state index contributed by atoms with van der Waals surface area (Å²) in [5.41, 5.74) is 18.3. The number of hydrogen-bond acceptors (Lipinski definition) is 3. The molecule has 5 heterocycles. The van der Waals surface area contributed by atoms with Gasteiger partial charge in [-0.25, -0.2) is 0 Å². The summed E-state index contributed by atoms with van der Waals surface area (Å²) in [5, 5.41) is 3.95. The summed E-state index contributed by atoms with van der Waals surface area (Å²) in [6.07, 6.45) is 0. The maximum absolute atomic E-state index is 2.60. The summed E-state index contributed by atoms with van der Waals surface area (Å²) in [7, 11) is 0. The molecular weight excluding hydrogens is 649 g/mol. The van der Waals surface area contributed by atoms with Crippen molar-refractivity contribution in [3.05, 3.63) is 132 Å². The average Bonchev–Trinajstić information content (AvgIpc) is 3.67. The lowest BCUT2D eigenvalue weighted by Crippen LogP contribution is -2.61. The summed E-state index contributed by atoms with van der Waals surface area (Å²) in [6.45, 7) is 16.3. The SMILES string of the molecule is Cc1cc2c3c(c1)N1c4c(cccc4-n4c5ccccc5c5cccc1c54)B3c1sc3ccc(C(C)(C)C)cc3c1N2c1ccc(C(C)(C)C)cc1. The molecule has 3 nitrogen and oxygen atoms in total. The first-order chi connectivity index (χ1) is 25.0. The van der Waals surface area contributed by atoms with E-state index in [9.17, 15) is 0 Å². The van der Waals surface area contributed by atoms with Crippen LogP contribution in [0.25, 0.3) is 37.6 Å². The Labute approximate surface area is 309 Å². The van der Waals surface area contributed by atoms with Crippen LogP contribution in [0, 0.1) is 6.92 Å². The number of benzene rings is 6. The van der Waals surface area contributed by atoms with E-state index >= 15 is 0 Å². The molecule has 0 atom stereocenters. The number of thiophene rings is 1. The van der Waals surface area contributed by atoms with E-state index in [-0.39, 0.29) is 17.5 Å². The Morgan fingerprint density at radius 3 is 2.00 bits per heavy atom. The van der Waals surface area contributed by atoms with E-state index in [2.05, 4.69) is 178 Å². The fraction of sp³-hybridized carbons (Fsp3) is 0.191. The van der Waals surface area contributed by atoms with Crippen molar-refractivity contribution in [2.24, 2.45) is 0 Å². The molecular formula is C47H40BN3S. The quantitative estimate of drug-likeness (QED) is 0.159. The van der Waals surface area contributed by atoms with Crippen molar-refractivity contribution in [2.75, 3.05) is 9.80 Å². The Balaban J connectivity index is 1.28. The zero-order chi connectivity index (χ0) is 35.4. The predicted octanol–water partition coefficient (Wildman–Crippen LogP) is 11.3. The minimum atomic E-state index is 0.0423. The van der Waals surface area contributed by atoms with E-state index < -0.39 is 0 Å². The van der Waals surface area contributed by atoms with Crippen LogP contribution in [0.4, 0.5) is 34.1 Å². The highest BCUT2D eigenvalue weighted by Crippen LogP contribution is 2.53. The molecule has 2 aromatic heterocycles. The van der Waals surface area contributed by atoms with Crippen LogP contribution in [0.5, 0.6) is 0 Å². The predicted molar refractivity (Wildman–Crippen MR) is 226 cm³/mol. The molecule has 8 aromatic rings. The fourth-order valence-electron chi connectivity index (χ4n) is 9.36. The van der Waals surface area contributed by atoms with E-state index in [1.807, 2.05) is 11.3 Å². The Morgan fingerprint density at radius 2 is 1.23 bits per heavy atom. The Hall–Kier alpha value is -5.26. The van der Waals surface area contributed by atoms with Gasteiger partial charge in [-0.05, 0) is 100.0 Å². The van der Waals surface area contributed by atoms with E-state index in [0.29, 0.717) is 0 Å². The lowest BCUT2D eigenvalue weighted by Gasteiger charge is -2.45. The maximum atomic E-state index is 2.60. The topological polar surface area (TPSA) is 11.4 Å². The highest BCUT2D eigenvalue weighted by Gasteiger charge is 2.47. The van der Waals surface area contributed by atoms with Crippen molar-refractivity contribution in [3.8, 4) is 5.69 Å². The summed E-state index contributed by atoms with van der Waals surface area (Å²) >= 11 is 1.98. The van der Waals surface area contributed by atoms with Crippen molar-refractivity contribution in [1.82, 2.24) is 4.57 Å². The molecule has 3 aliphatic heterocycles. The lowest BCUT2D eigenvalue weighted by molar-refractivity contribution is 0.590. The molecule has 0 radical (unpaired) electrons. The molecule has 0 bridgehead atoms. The van der Waals surface area contributed by atoms with Crippen LogP contribution in [0.1, 0.15) is 58.2 Å². The van der Waals surface area contributed by atoms with Gasteiger partial charge in [-0.3, -0.25) is 0 Å². The number of aromatic nitrogens is 1. The third kappa shape index (κ3) is 3.87. The van der Waals surface area contributed by atoms with Crippen molar-refractivity contribution < 1.29 is 0 Å². The molecule has 0 saturated heterocycles. The number of para-hydroxylation sites is 3. The molecule has 6 aromatic carbocycles. The van der Waals surface area contributed by atoms with Gasteiger partial charge in [-0.1, -0.05) is 102 Å². The van der Waals surface area contributed by atoms with Gasteiger partial charge < -0.3 is 14.4 Å². The van der Waals surface area contributed by atoms with Crippen LogP contribution in [0.3, 0.4) is 0 Å². The molecule has 0 unspecified atom stereocenters. The van der Waals surface area contributed by atoms with Gasteiger partial charge in [0.1, 0.15) is 0 Å². The van der Waals surface area contributed by atoms with Gasteiger partial charge in [-0.2, -0.15) is 0 Å². The molecule has 0 fully saturated rings. The van der Waals surface area contributed by atoms with Crippen LogP contribution in [-0.4, -0.2) is 11.3 Å². The van der Waals surface area contributed by atoms with Gasteiger partial charge >= 0.3 is 0 Å². The molecule has 0 spiro atoms. The molecule has 11 rings (SSSR count). The molecule has 0 amide bonds. The van der Waals surface area contributed by atoms with Crippen molar-refractivity contribution in [3.63, 3.8) is 0 Å². The number of nitrogens with zero attached hydrogens (tertiary/aromatic N) is 3. The molecule has 5 heteroatoms. The number of aryl methyl sites for hydroxylation is 1. The first-order valence-electron chi connectivity index (χ1n) is 18.6. The fourth-order valence-corrected chi connectivity index (χ4v) is 10.7. The van der Waals surface area contributed by atoms with Crippen molar-refractivity contribution >= 4 is 99.8 Å². The van der Waals surface area contributed by atoms with Gasteiger partial charge in [0.05, 0.1) is 33.8 Å². The molecule has 0 saturated carbocycles. The number of hydrogen-bond donors (Lipinski definition) is 0. The van der Waals surface area contributed by atoms with Gasteiger partial charge in [0.15, 0.2) is 0 Å². The van der Waals surface area contributed by atoms with Gasteiger partial charge in [-0.15, -0.1) is 11.3 Å². The van der Waals surface area contributed by atoms with E-state index in [4.69, 9.17) is 0 Å². The molecule has 0 aliphatic carbocycles. The van der Waals surface area contributed by atoms with E-state index in [0.717, 1.165) is 0 Å². The standard InChI is InChI=1S/C47H40BN3S/c1-27-24-38-41-39(25-27)51-36-16-10-13-32-31-12-8-9-15-35(31)50(42(32)36)37-17-11-14-34(44(37)51)48(41)45-43(33-26-29(47(5,6)7)20-23-40(33)52-45)49(38)30-21-18-28(19-22-30)46(2,3)4/h8-26H,1-7H3. The van der Waals surface area contributed by atoms with Crippen LogP contribution in [0.2, 0.25) is 0 Å². The molecule has 3 aliphatic rings. The highest BCUT2D eigenvalue weighted by molar-refractivity contribution is 7.33. The first-order valence-corrected chi connectivity index (χ1v) is 19.4. The lowest BCUT2D eigenvalue weighted by atomic mass is 9.36. The third-order valence-corrected chi connectivity index (χ3v) is 13.0. The first kappa shape index (κ1) is 30.4. The van der Waals surface area contributed by atoms with Gasteiger partial charge in [0.2, 0.25) is 0 Å².